The molecular weight excluding hydrogens is 148 g/mol. The van der Waals surface area contributed by atoms with Crippen LogP contribution in [0.3, 0.4) is 0 Å². The van der Waals surface area contributed by atoms with Crippen molar-refractivity contribution in [2.24, 2.45) is 5.41 Å². The summed E-state index contributed by atoms with van der Waals surface area (Å²) in [6.07, 6.45) is 8.16. The van der Waals surface area contributed by atoms with Crippen molar-refractivity contribution in [3.63, 3.8) is 0 Å². The highest BCUT2D eigenvalue weighted by atomic mass is 16.1. The third-order valence-corrected chi connectivity index (χ3v) is 2.20. The van der Waals surface area contributed by atoms with Gasteiger partial charge < -0.3 is 0 Å². The summed E-state index contributed by atoms with van der Waals surface area (Å²) in [5.41, 5.74) is 1.48. The van der Waals surface area contributed by atoms with E-state index in [1.807, 2.05) is 0 Å². The van der Waals surface area contributed by atoms with E-state index in [9.17, 15) is 4.79 Å². The largest absolute Gasteiger partial charge is 0.295 e. The summed E-state index contributed by atoms with van der Waals surface area (Å²) >= 11 is 0. The number of ketones is 1. The Kier molecular flexibility index (Phi) is 2.51. The van der Waals surface area contributed by atoms with E-state index in [1.54, 1.807) is 13.0 Å². The fraction of sp³-hybridized carbons (Fsp3) is 0.545. The summed E-state index contributed by atoms with van der Waals surface area (Å²) in [5.74, 6) is 0.148. The monoisotopic (exact) mass is 164 g/mol. The second kappa shape index (κ2) is 3.26. The first kappa shape index (κ1) is 9.24. The molecule has 1 rings (SSSR count). The minimum atomic E-state index is 0.148. The van der Waals surface area contributed by atoms with E-state index in [4.69, 9.17) is 0 Å². The molecule has 0 saturated heterocycles. The van der Waals surface area contributed by atoms with Gasteiger partial charge in [0, 0.05) is 0 Å². The summed E-state index contributed by atoms with van der Waals surface area (Å²) in [6.45, 7) is 6.03. The molecule has 0 heterocycles. The van der Waals surface area contributed by atoms with Crippen molar-refractivity contribution in [1.82, 2.24) is 0 Å². The van der Waals surface area contributed by atoms with E-state index in [2.05, 4.69) is 26.0 Å². The molecule has 1 nitrogen and oxygen atoms in total. The zero-order valence-corrected chi connectivity index (χ0v) is 8.05. The number of carbonyl (C=O) groups excluding carboxylic acids is 1. The second-order valence-corrected chi connectivity index (χ2v) is 4.15. The van der Waals surface area contributed by atoms with Gasteiger partial charge in [-0.15, -0.1) is 0 Å². The van der Waals surface area contributed by atoms with Crippen LogP contribution in [0.1, 0.15) is 33.6 Å². The molecule has 66 valence electrons. The predicted octanol–water partition coefficient (Wildman–Crippen LogP) is 2.88. The third kappa shape index (κ3) is 2.65. The quantitative estimate of drug-likeness (QED) is 0.545. The van der Waals surface area contributed by atoms with Gasteiger partial charge in [0.1, 0.15) is 0 Å². The molecule has 0 aliphatic heterocycles. The lowest BCUT2D eigenvalue weighted by molar-refractivity contribution is -0.112. The van der Waals surface area contributed by atoms with Crippen molar-refractivity contribution in [3.8, 4) is 0 Å². The van der Waals surface area contributed by atoms with Gasteiger partial charge in [0.15, 0.2) is 5.78 Å². The average molecular weight is 164 g/mol. The fourth-order valence-corrected chi connectivity index (χ4v) is 1.35. The van der Waals surface area contributed by atoms with Crippen LogP contribution in [0.15, 0.2) is 23.8 Å². The molecule has 0 spiro atoms. The van der Waals surface area contributed by atoms with Crippen LogP contribution in [-0.2, 0) is 4.79 Å². The van der Waals surface area contributed by atoms with Crippen LogP contribution < -0.4 is 0 Å². The van der Waals surface area contributed by atoms with Crippen molar-refractivity contribution in [1.29, 1.82) is 0 Å². The Hall–Kier alpha value is -0.850. The number of hydrogen-bond donors (Lipinski definition) is 0. The zero-order chi connectivity index (χ0) is 9.19. The van der Waals surface area contributed by atoms with Gasteiger partial charge in [-0.25, -0.2) is 0 Å². The Balaban J connectivity index is 2.72. The smallest absolute Gasteiger partial charge is 0.152 e. The molecule has 0 aromatic rings. The van der Waals surface area contributed by atoms with Gasteiger partial charge in [-0.1, -0.05) is 26.0 Å². The molecule has 0 aromatic heterocycles. The number of carbonyl (C=O) groups is 1. The van der Waals surface area contributed by atoms with Crippen LogP contribution in [0.25, 0.3) is 0 Å². The maximum absolute atomic E-state index is 10.8. The van der Waals surface area contributed by atoms with E-state index in [1.165, 1.54) is 5.57 Å². The molecule has 0 fully saturated rings. The van der Waals surface area contributed by atoms with Crippen molar-refractivity contribution in [3.05, 3.63) is 23.8 Å². The van der Waals surface area contributed by atoms with Crippen molar-refractivity contribution in [2.75, 3.05) is 0 Å². The molecule has 1 aliphatic rings. The first-order chi connectivity index (χ1) is 5.49. The highest BCUT2D eigenvalue weighted by Crippen LogP contribution is 2.31. The van der Waals surface area contributed by atoms with Crippen molar-refractivity contribution in [2.45, 2.75) is 33.6 Å². The zero-order valence-electron chi connectivity index (χ0n) is 8.05. The summed E-state index contributed by atoms with van der Waals surface area (Å²) in [5, 5.41) is 0. The highest BCUT2D eigenvalue weighted by molar-refractivity contribution is 5.88. The van der Waals surface area contributed by atoms with Gasteiger partial charge in [0.25, 0.3) is 0 Å². The lowest BCUT2D eigenvalue weighted by atomic mass is 9.81. The molecule has 0 N–H and O–H groups in total. The molecule has 0 radical (unpaired) electrons. The molecule has 12 heavy (non-hydrogen) atoms. The minimum absolute atomic E-state index is 0.148. The van der Waals surface area contributed by atoms with Crippen LogP contribution in [0.4, 0.5) is 0 Å². The predicted molar refractivity (Wildman–Crippen MR) is 50.9 cm³/mol. The number of rotatable bonds is 1. The summed E-state index contributed by atoms with van der Waals surface area (Å²) in [7, 11) is 0. The maximum Gasteiger partial charge on any atom is 0.152 e. The minimum Gasteiger partial charge on any atom is -0.295 e. The lowest BCUT2D eigenvalue weighted by Crippen LogP contribution is -2.11. The number of hydrogen-bond acceptors (Lipinski definition) is 1. The van der Waals surface area contributed by atoms with Gasteiger partial charge in [-0.2, -0.15) is 0 Å². The first-order valence-corrected chi connectivity index (χ1v) is 4.40. The Morgan fingerprint density at radius 1 is 1.58 bits per heavy atom. The van der Waals surface area contributed by atoms with Gasteiger partial charge >= 0.3 is 0 Å². The Labute approximate surface area is 74.2 Å². The van der Waals surface area contributed by atoms with Crippen LogP contribution in [0.2, 0.25) is 0 Å². The molecule has 1 heteroatoms. The van der Waals surface area contributed by atoms with Crippen molar-refractivity contribution >= 4 is 5.78 Å². The fourth-order valence-electron chi connectivity index (χ4n) is 1.35. The average Bonchev–Trinajstić information content (AvgIpc) is 1.93. The van der Waals surface area contributed by atoms with Crippen LogP contribution >= 0.6 is 0 Å². The summed E-state index contributed by atoms with van der Waals surface area (Å²) in [6, 6.07) is 0. The first-order valence-electron chi connectivity index (χ1n) is 4.40. The Bertz CT molecular complexity index is 244. The molecule has 0 saturated carbocycles. The van der Waals surface area contributed by atoms with Gasteiger partial charge in [0.2, 0.25) is 0 Å². The van der Waals surface area contributed by atoms with E-state index in [0.717, 1.165) is 12.8 Å². The van der Waals surface area contributed by atoms with Crippen LogP contribution in [0.5, 0.6) is 0 Å². The maximum atomic E-state index is 10.8. The van der Waals surface area contributed by atoms with Crippen LogP contribution in [0, 0.1) is 5.41 Å². The van der Waals surface area contributed by atoms with E-state index in [-0.39, 0.29) is 5.78 Å². The normalized spacial score (nSPS) is 24.4. The highest BCUT2D eigenvalue weighted by Gasteiger charge is 2.17. The summed E-state index contributed by atoms with van der Waals surface area (Å²) < 4.78 is 0. The van der Waals surface area contributed by atoms with E-state index in [0.29, 0.717) is 5.41 Å². The van der Waals surface area contributed by atoms with Gasteiger partial charge in [0.05, 0.1) is 0 Å². The topological polar surface area (TPSA) is 17.1 Å². The molecule has 0 bridgehead atoms. The molecule has 1 aliphatic carbocycles. The third-order valence-electron chi connectivity index (χ3n) is 2.20. The standard InChI is InChI=1S/C11H16O/c1-9(12)8-10-4-6-11(2,3)7-5-10/h4,6,8H,5,7H2,1-3H3/b10-8+. The van der Waals surface area contributed by atoms with Gasteiger partial charge in [-0.3, -0.25) is 4.79 Å². The SMILES string of the molecule is CC(=O)/C=C1\C=CC(C)(C)CC1. The van der Waals surface area contributed by atoms with Crippen LogP contribution in [-0.4, -0.2) is 5.78 Å². The van der Waals surface area contributed by atoms with Gasteiger partial charge in [-0.05, 0) is 36.8 Å². The number of allylic oxidation sites excluding steroid dienone is 4. The van der Waals surface area contributed by atoms with E-state index >= 15 is 0 Å². The Morgan fingerprint density at radius 3 is 2.67 bits per heavy atom. The summed E-state index contributed by atoms with van der Waals surface area (Å²) in [4.78, 5) is 10.8. The molecule has 0 aromatic carbocycles. The molecular formula is C11H16O. The van der Waals surface area contributed by atoms with E-state index < -0.39 is 0 Å². The lowest BCUT2D eigenvalue weighted by Gasteiger charge is -2.24. The Morgan fingerprint density at radius 2 is 2.25 bits per heavy atom. The molecule has 0 atom stereocenters. The molecule has 0 amide bonds. The second-order valence-electron chi connectivity index (χ2n) is 4.15. The van der Waals surface area contributed by atoms with Crippen molar-refractivity contribution < 1.29 is 4.79 Å². The molecule has 0 unspecified atom stereocenters.